The number of benzene rings is 2. The Morgan fingerprint density at radius 3 is 2.59 bits per heavy atom. The van der Waals surface area contributed by atoms with E-state index in [4.69, 9.17) is 32.7 Å². The summed E-state index contributed by atoms with van der Waals surface area (Å²) in [6.45, 7) is 5.30. The second-order valence-electron chi connectivity index (χ2n) is 6.33. The summed E-state index contributed by atoms with van der Waals surface area (Å²) in [6, 6.07) is 9.33. The Bertz CT molecular complexity index is 812. The van der Waals surface area contributed by atoms with Crippen molar-refractivity contribution in [3.63, 3.8) is 0 Å². The van der Waals surface area contributed by atoms with Gasteiger partial charge in [0.1, 0.15) is 6.54 Å². The lowest BCUT2D eigenvalue weighted by Gasteiger charge is -2.16. The molecule has 1 atom stereocenters. The van der Waals surface area contributed by atoms with Crippen LogP contribution in [0.25, 0.3) is 0 Å². The molecule has 0 aliphatic heterocycles. The summed E-state index contributed by atoms with van der Waals surface area (Å²) in [6.07, 6.45) is 0. The van der Waals surface area contributed by atoms with Crippen LogP contribution in [0, 0.1) is 6.92 Å². The van der Waals surface area contributed by atoms with Crippen LogP contribution in [0.5, 0.6) is 11.5 Å². The fraction of sp³-hybridized carbons (Fsp3) is 0.350. The van der Waals surface area contributed by atoms with E-state index in [2.05, 4.69) is 5.32 Å². The first-order chi connectivity index (χ1) is 12.8. The van der Waals surface area contributed by atoms with Crippen LogP contribution < -0.4 is 19.7 Å². The molecule has 0 radical (unpaired) electrons. The van der Waals surface area contributed by atoms with Crippen molar-refractivity contribution in [2.45, 2.75) is 20.4 Å². The maximum absolute atomic E-state index is 12.4. The van der Waals surface area contributed by atoms with Crippen molar-refractivity contribution in [3.05, 3.63) is 51.5 Å². The fourth-order valence-corrected chi connectivity index (χ4v) is 3.20. The van der Waals surface area contributed by atoms with Gasteiger partial charge in [-0.05, 0) is 43.7 Å². The number of anilines is 1. The molecule has 0 aliphatic carbocycles. The number of aryl methyl sites for hydroxylation is 1. The number of rotatable bonds is 8. The van der Waals surface area contributed by atoms with Gasteiger partial charge in [-0.15, -0.1) is 0 Å². The molecule has 0 aromatic heterocycles. The third kappa shape index (κ3) is 5.76. The van der Waals surface area contributed by atoms with Crippen molar-refractivity contribution in [1.29, 1.82) is 0 Å². The van der Waals surface area contributed by atoms with Crippen molar-refractivity contribution in [3.8, 4) is 11.5 Å². The Labute approximate surface area is 170 Å². The predicted octanol–water partition coefficient (Wildman–Crippen LogP) is 3.36. The average Bonchev–Trinajstić information content (AvgIpc) is 2.63. The highest BCUT2D eigenvalue weighted by atomic mass is 35.5. The monoisotopic (exact) mass is 411 g/mol. The molecule has 2 aromatic carbocycles. The number of hydrogen-bond donors (Lipinski definition) is 2. The van der Waals surface area contributed by atoms with Gasteiger partial charge in [0.2, 0.25) is 0 Å². The van der Waals surface area contributed by atoms with E-state index in [9.17, 15) is 4.79 Å². The van der Waals surface area contributed by atoms with E-state index in [1.165, 1.54) is 0 Å². The van der Waals surface area contributed by atoms with E-state index >= 15 is 0 Å². The Balaban J connectivity index is 2.00. The van der Waals surface area contributed by atoms with Crippen molar-refractivity contribution < 1.29 is 19.2 Å². The first-order valence-electron chi connectivity index (χ1n) is 8.71. The first-order valence-corrected chi connectivity index (χ1v) is 9.46. The molecule has 146 valence electrons. The summed E-state index contributed by atoms with van der Waals surface area (Å²) >= 11 is 12.4. The lowest BCUT2D eigenvalue weighted by molar-refractivity contribution is -0.885. The van der Waals surface area contributed by atoms with Crippen LogP contribution in [0.15, 0.2) is 30.3 Å². The minimum atomic E-state index is -0.153. The van der Waals surface area contributed by atoms with Crippen LogP contribution in [0.4, 0.5) is 5.69 Å². The van der Waals surface area contributed by atoms with E-state index < -0.39 is 0 Å². The van der Waals surface area contributed by atoms with Crippen molar-refractivity contribution in [1.82, 2.24) is 0 Å². The zero-order valence-corrected chi connectivity index (χ0v) is 17.5. The molecule has 2 N–H and O–H groups in total. The first kappa shape index (κ1) is 21.4. The summed E-state index contributed by atoms with van der Waals surface area (Å²) in [4.78, 5) is 13.4. The molecule has 0 heterocycles. The zero-order valence-electron chi connectivity index (χ0n) is 16.0. The van der Waals surface area contributed by atoms with Gasteiger partial charge < -0.3 is 19.7 Å². The number of amides is 1. The molecule has 0 aliphatic rings. The molecule has 1 amide bonds. The molecule has 5 nitrogen and oxygen atoms in total. The van der Waals surface area contributed by atoms with Gasteiger partial charge in [-0.2, -0.15) is 0 Å². The summed E-state index contributed by atoms with van der Waals surface area (Å²) < 4.78 is 10.9. The minimum absolute atomic E-state index is 0.153. The molecular formula is C20H25Cl2N2O3+. The third-order valence-electron chi connectivity index (χ3n) is 4.04. The van der Waals surface area contributed by atoms with Gasteiger partial charge in [-0.1, -0.05) is 29.3 Å². The van der Waals surface area contributed by atoms with Crippen molar-refractivity contribution in [2.24, 2.45) is 0 Å². The fourth-order valence-electron chi connectivity index (χ4n) is 2.74. The summed E-state index contributed by atoms with van der Waals surface area (Å²) in [5.41, 5.74) is 2.37. The molecule has 2 rings (SSSR count). The third-order valence-corrected chi connectivity index (χ3v) is 4.85. The number of ether oxygens (including phenoxy) is 2. The van der Waals surface area contributed by atoms with Crippen LogP contribution in [-0.2, 0) is 11.3 Å². The van der Waals surface area contributed by atoms with Crippen LogP contribution >= 0.6 is 23.2 Å². The second-order valence-corrected chi connectivity index (χ2v) is 7.12. The van der Waals surface area contributed by atoms with Crippen LogP contribution in [-0.4, -0.2) is 33.2 Å². The maximum Gasteiger partial charge on any atom is 0.279 e. The summed E-state index contributed by atoms with van der Waals surface area (Å²) in [5.74, 6) is 1.24. The van der Waals surface area contributed by atoms with Gasteiger partial charge >= 0.3 is 0 Å². The number of likely N-dealkylation sites (N-methyl/N-ethyl adjacent to an activating group) is 1. The van der Waals surface area contributed by atoms with Gasteiger partial charge in [-0.25, -0.2) is 0 Å². The van der Waals surface area contributed by atoms with Crippen LogP contribution in [0.2, 0.25) is 10.0 Å². The van der Waals surface area contributed by atoms with E-state index in [0.717, 1.165) is 16.0 Å². The number of methoxy groups -OCH3 is 1. The topological polar surface area (TPSA) is 52.0 Å². The molecular weight excluding hydrogens is 387 g/mol. The van der Waals surface area contributed by atoms with E-state index in [1.807, 2.05) is 45.2 Å². The number of quaternary nitrogens is 1. The quantitative estimate of drug-likeness (QED) is 0.699. The lowest BCUT2D eigenvalue weighted by atomic mass is 10.2. The Morgan fingerprint density at radius 1 is 1.19 bits per heavy atom. The standard InChI is InChI=1S/C20H24Cl2N2O3/c1-5-27-16-9-7-14(10-17(16)26-4)11-24(3)12-18(25)23-20-15(21)8-6-13(2)19(20)22/h6-10H,5,11-12H2,1-4H3,(H,23,25)/p+1. The smallest absolute Gasteiger partial charge is 0.279 e. The highest BCUT2D eigenvalue weighted by Crippen LogP contribution is 2.32. The van der Waals surface area contributed by atoms with E-state index in [1.54, 1.807) is 13.2 Å². The normalized spacial score (nSPS) is 11.8. The average molecular weight is 412 g/mol. The molecule has 0 saturated heterocycles. The number of carbonyl (C=O) groups is 1. The molecule has 7 heteroatoms. The van der Waals surface area contributed by atoms with Crippen molar-refractivity contribution >= 4 is 34.8 Å². The summed E-state index contributed by atoms with van der Waals surface area (Å²) in [7, 11) is 3.56. The van der Waals surface area contributed by atoms with Gasteiger partial charge in [-0.3, -0.25) is 4.79 Å². The highest BCUT2D eigenvalue weighted by Gasteiger charge is 2.16. The molecule has 0 fully saturated rings. The zero-order chi connectivity index (χ0) is 20.0. The number of halogens is 2. The number of carbonyl (C=O) groups excluding carboxylic acids is 1. The predicted molar refractivity (Wildman–Crippen MR) is 109 cm³/mol. The molecule has 27 heavy (non-hydrogen) atoms. The molecule has 0 spiro atoms. The number of nitrogens with one attached hydrogen (secondary N) is 2. The van der Waals surface area contributed by atoms with Gasteiger partial charge in [0, 0.05) is 5.56 Å². The molecule has 2 aromatic rings. The highest BCUT2D eigenvalue weighted by molar-refractivity contribution is 6.40. The molecule has 0 saturated carbocycles. The Kier molecular flexibility index (Phi) is 7.78. The van der Waals surface area contributed by atoms with E-state index in [0.29, 0.717) is 40.4 Å². The lowest BCUT2D eigenvalue weighted by Crippen LogP contribution is -3.08. The minimum Gasteiger partial charge on any atom is -0.493 e. The SMILES string of the molecule is CCOc1ccc(C[NH+](C)CC(=O)Nc2c(Cl)ccc(C)c2Cl)cc1OC. The van der Waals surface area contributed by atoms with Gasteiger partial charge in [0.05, 0.1) is 36.5 Å². The van der Waals surface area contributed by atoms with Crippen LogP contribution in [0.3, 0.4) is 0 Å². The Morgan fingerprint density at radius 2 is 1.93 bits per heavy atom. The summed E-state index contributed by atoms with van der Waals surface area (Å²) in [5, 5.41) is 3.70. The van der Waals surface area contributed by atoms with E-state index in [-0.39, 0.29) is 12.5 Å². The number of hydrogen-bond acceptors (Lipinski definition) is 3. The van der Waals surface area contributed by atoms with Crippen LogP contribution in [0.1, 0.15) is 18.1 Å². The van der Waals surface area contributed by atoms with Gasteiger partial charge in [0.25, 0.3) is 5.91 Å². The molecule has 1 unspecified atom stereocenters. The second kappa shape index (κ2) is 9.83. The largest absolute Gasteiger partial charge is 0.493 e. The van der Waals surface area contributed by atoms with Crippen molar-refractivity contribution in [2.75, 3.05) is 32.6 Å². The molecule has 0 bridgehead atoms. The Hall–Kier alpha value is -1.95. The van der Waals surface area contributed by atoms with Gasteiger partial charge in [0.15, 0.2) is 18.0 Å². The maximum atomic E-state index is 12.4.